The molecule has 2 aliphatic heterocycles. The van der Waals surface area contributed by atoms with Gasteiger partial charge in [0.2, 0.25) is 5.91 Å². The molecular formula is C9H16N2OS. The zero-order valence-corrected chi connectivity index (χ0v) is 8.99. The molecule has 0 radical (unpaired) electrons. The smallest absolute Gasteiger partial charge is 0.225 e. The lowest BCUT2D eigenvalue weighted by atomic mass is 10.0. The quantitative estimate of drug-likeness (QED) is 0.669. The summed E-state index contributed by atoms with van der Waals surface area (Å²) in [5, 5.41) is 3.46. The molecule has 2 saturated heterocycles. The highest BCUT2D eigenvalue weighted by molar-refractivity contribution is 8.01. The summed E-state index contributed by atoms with van der Waals surface area (Å²) in [4.78, 5) is 13.7. The lowest BCUT2D eigenvalue weighted by Crippen LogP contribution is -2.66. The number of nitrogens with zero attached hydrogens (tertiary/aromatic N) is 1. The van der Waals surface area contributed by atoms with E-state index in [2.05, 4.69) is 5.32 Å². The van der Waals surface area contributed by atoms with Crippen LogP contribution < -0.4 is 5.32 Å². The van der Waals surface area contributed by atoms with E-state index in [1.54, 1.807) is 0 Å². The van der Waals surface area contributed by atoms with Gasteiger partial charge in [0.05, 0.1) is 13.1 Å². The highest BCUT2D eigenvalue weighted by atomic mass is 32.2. The predicted molar refractivity (Wildman–Crippen MR) is 54.6 cm³/mol. The number of hydrogen-bond acceptors (Lipinski definition) is 3. The molecule has 2 heterocycles. The van der Waals surface area contributed by atoms with Crippen molar-refractivity contribution in [3.8, 4) is 0 Å². The zero-order chi connectivity index (χ0) is 9.47. The van der Waals surface area contributed by atoms with Crippen molar-refractivity contribution in [1.29, 1.82) is 0 Å². The van der Waals surface area contributed by atoms with Crippen LogP contribution in [0.1, 0.15) is 13.8 Å². The van der Waals surface area contributed by atoms with E-state index in [4.69, 9.17) is 0 Å². The van der Waals surface area contributed by atoms with Crippen LogP contribution in [0.2, 0.25) is 0 Å². The summed E-state index contributed by atoms with van der Waals surface area (Å²) in [6, 6.07) is 0. The molecule has 2 rings (SSSR count). The number of carbonyl (C=O) groups is 1. The second-order valence-corrected chi connectivity index (χ2v) is 5.60. The number of hydrogen-bond donors (Lipinski definition) is 1. The molecule has 1 N–H and O–H groups in total. The Bertz CT molecular complexity index is 216. The number of likely N-dealkylation sites (tertiary alicyclic amines) is 1. The fourth-order valence-electron chi connectivity index (χ4n) is 1.87. The molecule has 2 fully saturated rings. The molecule has 0 aromatic rings. The average molecular weight is 200 g/mol. The lowest BCUT2D eigenvalue weighted by molar-refractivity contribution is -0.140. The Balaban J connectivity index is 1.87. The van der Waals surface area contributed by atoms with Gasteiger partial charge >= 0.3 is 0 Å². The molecule has 0 unspecified atom stereocenters. The number of rotatable bonds is 1. The van der Waals surface area contributed by atoms with E-state index in [0.717, 1.165) is 19.6 Å². The predicted octanol–water partition coefficient (Wildman–Crippen LogP) is 0.517. The van der Waals surface area contributed by atoms with Gasteiger partial charge in [-0.25, -0.2) is 0 Å². The first-order valence-electron chi connectivity index (χ1n) is 4.81. The third kappa shape index (κ3) is 1.57. The van der Waals surface area contributed by atoms with Crippen molar-refractivity contribution in [1.82, 2.24) is 10.2 Å². The Hall–Kier alpha value is -0.220. The van der Waals surface area contributed by atoms with E-state index in [1.807, 2.05) is 30.5 Å². The molecule has 0 aliphatic carbocycles. The van der Waals surface area contributed by atoms with Crippen molar-refractivity contribution < 1.29 is 4.79 Å². The van der Waals surface area contributed by atoms with Crippen molar-refractivity contribution in [3.63, 3.8) is 0 Å². The fourth-order valence-corrected chi connectivity index (χ4v) is 3.16. The van der Waals surface area contributed by atoms with Crippen molar-refractivity contribution in [2.45, 2.75) is 18.7 Å². The first-order chi connectivity index (χ1) is 6.13. The van der Waals surface area contributed by atoms with E-state index >= 15 is 0 Å². The van der Waals surface area contributed by atoms with Crippen LogP contribution in [-0.2, 0) is 4.79 Å². The summed E-state index contributed by atoms with van der Waals surface area (Å²) in [6.45, 7) is 6.81. The van der Waals surface area contributed by atoms with Gasteiger partial charge < -0.3 is 4.90 Å². The molecule has 0 aromatic heterocycles. The van der Waals surface area contributed by atoms with Gasteiger partial charge in [-0.15, -0.1) is 11.8 Å². The third-order valence-corrected chi connectivity index (χ3v) is 3.99. The summed E-state index contributed by atoms with van der Waals surface area (Å²) < 4.78 is 0. The van der Waals surface area contributed by atoms with Gasteiger partial charge in [-0.1, -0.05) is 13.8 Å². The maximum Gasteiger partial charge on any atom is 0.225 e. The van der Waals surface area contributed by atoms with Crippen molar-refractivity contribution >= 4 is 17.7 Å². The fraction of sp³-hybridized carbons (Fsp3) is 0.889. The van der Waals surface area contributed by atoms with Gasteiger partial charge in [-0.2, -0.15) is 0 Å². The molecule has 13 heavy (non-hydrogen) atoms. The number of nitrogens with one attached hydrogen (secondary N) is 1. The van der Waals surface area contributed by atoms with Crippen molar-refractivity contribution in [2.75, 3.05) is 25.4 Å². The monoisotopic (exact) mass is 200 g/mol. The lowest BCUT2D eigenvalue weighted by Gasteiger charge is -2.47. The van der Waals surface area contributed by atoms with Crippen molar-refractivity contribution in [2.24, 2.45) is 5.92 Å². The van der Waals surface area contributed by atoms with Gasteiger partial charge in [0.1, 0.15) is 4.87 Å². The molecule has 3 nitrogen and oxygen atoms in total. The van der Waals surface area contributed by atoms with Gasteiger partial charge in [-0.3, -0.25) is 10.1 Å². The molecule has 2 aliphatic rings. The number of thioether (sulfide) groups is 1. The molecule has 1 amide bonds. The topological polar surface area (TPSA) is 32.3 Å². The van der Waals surface area contributed by atoms with Crippen molar-refractivity contribution in [3.05, 3.63) is 0 Å². The Morgan fingerprint density at radius 2 is 2.23 bits per heavy atom. The molecule has 74 valence electrons. The second-order valence-electron chi connectivity index (χ2n) is 4.12. The first-order valence-corrected chi connectivity index (χ1v) is 5.79. The van der Waals surface area contributed by atoms with E-state index in [-0.39, 0.29) is 10.8 Å². The van der Waals surface area contributed by atoms with E-state index < -0.39 is 0 Å². The SMILES string of the molecule is CC(C)C(=O)N1CC2(C1)NCCS2. The maximum absolute atomic E-state index is 11.6. The molecule has 4 heteroatoms. The zero-order valence-electron chi connectivity index (χ0n) is 8.17. The van der Waals surface area contributed by atoms with Gasteiger partial charge in [0.15, 0.2) is 0 Å². The maximum atomic E-state index is 11.6. The van der Waals surface area contributed by atoms with E-state index in [9.17, 15) is 4.79 Å². The van der Waals surface area contributed by atoms with Gasteiger partial charge in [0.25, 0.3) is 0 Å². The van der Waals surface area contributed by atoms with Crippen LogP contribution in [0, 0.1) is 5.92 Å². The summed E-state index contributed by atoms with van der Waals surface area (Å²) in [5.74, 6) is 1.62. The van der Waals surface area contributed by atoms with Crippen LogP contribution in [0.4, 0.5) is 0 Å². The minimum atomic E-state index is 0.142. The Morgan fingerprint density at radius 3 is 2.69 bits per heavy atom. The molecule has 0 saturated carbocycles. The van der Waals surface area contributed by atoms with E-state index in [1.165, 1.54) is 5.75 Å². The van der Waals surface area contributed by atoms with Crippen LogP contribution >= 0.6 is 11.8 Å². The summed E-state index contributed by atoms with van der Waals surface area (Å²) in [6.07, 6.45) is 0. The number of carbonyl (C=O) groups excluding carboxylic acids is 1. The largest absolute Gasteiger partial charge is 0.337 e. The minimum Gasteiger partial charge on any atom is -0.337 e. The average Bonchev–Trinajstić information content (AvgIpc) is 2.47. The van der Waals surface area contributed by atoms with Crippen LogP contribution in [0.3, 0.4) is 0 Å². The van der Waals surface area contributed by atoms with Gasteiger partial charge in [-0.05, 0) is 0 Å². The van der Waals surface area contributed by atoms with Gasteiger partial charge in [0, 0.05) is 18.2 Å². The van der Waals surface area contributed by atoms with Crippen LogP contribution in [0.5, 0.6) is 0 Å². The van der Waals surface area contributed by atoms with Crippen LogP contribution in [0.15, 0.2) is 0 Å². The molecule has 1 spiro atoms. The van der Waals surface area contributed by atoms with Crippen LogP contribution in [0.25, 0.3) is 0 Å². The summed E-state index contributed by atoms with van der Waals surface area (Å²) in [5.41, 5.74) is 0. The number of amides is 1. The Morgan fingerprint density at radius 1 is 1.54 bits per heavy atom. The highest BCUT2D eigenvalue weighted by Crippen LogP contribution is 2.36. The molecular weight excluding hydrogens is 184 g/mol. The minimum absolute atomic E-state index is 0.142. The second kappa shape index (κ2) is 3.17. The molecule has 0 bridgehead atoms. The third-order valence-electron chi connectivity index (χ3n) is 2.63. The van der Waals surface area contributed by atoms with E-state index in [0.29, 0.717) is 5.91 Å². The summed E-state index contributed by atoms with van der Waals surface area (Å²) >= 11 is 1.96. The normalized spacial score (nSPS) is 25.3. The Kier molecular flexibility index (Phi) is 2.28. The molecule has 0 atom stereocenters. The molecule has 0 aromatic carbocycles. The van der Waals surface area contributed by atoms with Crippen LogP contribution in [-0.4, -0.2) is 41.1 Å². The highest BCUT2D eigenvalue weighted by Gasteiger charge is 2.47. The first kappa shape index (κ1) is 9.34. The standard InChI is InChI=1S/C9H16N2OS/c1-7(2)8(12)11-5-9(6-11)10-3-4-13-9/h7,10H,3-6H2,1-2H3. The Labute approximate surface area is 83.2 Å². The summed E-state index contributed by atoms with van der Waals surface area (Å²) in [7, 11) is 0.